The minimum atomic E-state index is -3.33. The summed E-state index contributed by atoms with van der Waals surface area (Å²) in [6.07, 6.45) is 2.88. The van der Waals surface area contributed by atoms with E-state index in [2.05, 4.69) is 20.1 Å². The van der Waals surface area contributed by atoms with Crippen LogP contribution in [-0.2, 0) is 10.0 Å². The van der Waals surface area contributed by atoms with E-state index >= 15 is 0 Å². The maximum Gasteiger partial charge on any atom is 0.229 e. The molecule has 0 radical (unpaired) electrons. The van der Waals surface area contributed by atoms with Crippen molar-refractivity contribution in [3.05, 3.63) is 59.9 Å². The quantitative estimate of drug-likeness (QED) is 0.397. The Hall–Kier alpha value is -3.43. The number of nitrogen functional groups attached to an aromatic ring is 1. The van der Waals surface area contributed by atoms with Crippen LogP contribution in [0, 0.1) is 6.92 Å². The molecule has 2 aromatic carbocycles. The molecule has 0 aliphatic carbocycles. The monoisotopic (exact) mass is 450 g/mol. The van der Waals surface area contributed by atoms with Crippen molar-refractivity contribution in [2.24, 2.45) is 0 Å². The van der Waals surface area contributed by atoms with Gasteiger partial charge < -0.3 is 10.2 Å². The van der Waals surface area contributed by atoms with Crippen LogP contribution < -0.4 is 10.5 Å². The zero-order valence-electron chi connectivity index (χ0n) is 16.7. The van der Waals surface area contributed by atoms with Gasteiger partial charge in [0.15, 0.2) is 11.5 Å². The Morgan fingerprint density at radius 3 is 2.55 bits per heavy atom. The SMILES string of the molecule is Cc1nc2cc(-c3csc4c(-c5ccc(NS(C)(=O)=O)cc5)cnc(N)c34)ccc2o1. The van der Waals surface area contributed by atoms with Gasteiger partial charge in [0.2, 0.25) is 10.0 Å². The Bertz CT molecular complexity index is 1550. The molecule has 0 aliphatic rings. The van der Waals surface area contributed by atoms with Gasteiger partial charge in [-0.15, -0.1) is 11.3 Å². The van der Waals surface area contributed by atoms with Gasteiger partial charge in [0.25, 0.3) is 0 Å². The number of benzene rings is 2. The number of hydrogen-bond donors (Lipinski definition) is 2. The number of sulfonamides is 1. The van der Waals surface area contributed by atoms with Crippen LogP contribution in [0.4, 0.5) is 11.5 Å². The van der Waals surface area contributed by atoms with E-state index in [0.717, 1.165) is 49.7 Å². The number of pyridine rings is 1. The van der Waals surface area contributed by atoms with Gasteiger partial charge in [0.1, 0.15) is 11.3 Å². The van der Waals surface area contributed by atoms with Gasteiger partial charge in [0, 0.05) is 40.0 Å². The molecule has 0 amide bonds. The molecule has 3 aromatic heterocycles. The van der Waals surface area contributed by atoms with E-state index in [4.69, 9.17) is 10.2 Å². The molecule has 3 N–H and O–H groups in total. The summed E-state index contributed by atoms with van der Waals surface area (Å²) in [7, 11) is -3.33. The predicted octanol–water partition coefficient (Wildman–Crippen LogP) is 5.03. The molecule has 0 atom stereocenters. The zero-order chi connectivity index (χ0) is 21.8. The van der Waals surface area contributed by atoms with Crippen LogP contribution in [0.3, 0.4) is 0 Å². The van der Waals surface area contributed by atoms with Crippen molar-refractivity contribution in [1.82, 2.24) is 9.97 Å². The average molecular weight is 451 g/mol. The minimum Gasteiger partial charge on any atom is -0.441 e. The Kier molecular flexibility index (Phi) is 4.45. The van der Waals surface area contributed by atoms with E-state index in [1.807, 2.05) is 37.3 Å². The molecule has 0 aliphatic heterocycles. The normalized spacial score (nSPS) is 11.9. The summed E-state index contributed by atoms with van der Waals surface area (Å²) in [5.74, 6) is 1.08. The molecule has 0 saturated carbocycles. The summed E-state index contributed by atoms with van der Waals surface area (Å²) in [6, 6.07) is 13.1. The summed E-state index contributed by atoms with van der Waals surface area (Å²) in [4.78, 5) is 8.86. The lowest BCUT2D eigenvalue weighted by atomic mass is 10.0. The maximum atomic E-state index is 11.4. The number of nitrogens with zero attached hydrogens (tertiary/aromatic N) is 2. The van der Waals surface area contributed by atoms with Crippen molar-refractivity contribution >= 4 is 54.1 Å². The van der Waals surface area contributed by atoms with E-state index < -0.39 is 10.0 Å². The fourth-order valence-corrected chi connectivity index (χ4v) is 5.31. The van der Waals surface area contributed by atoms with Crippen molar-refractivity contribution in [2.45, 2.75) is 6.92 Å². The van der Waals surface area contributed by atoms with Gasteiger partial charge in [-0.2, -0.15) is 0 Å². The van der Waals surface area contributed by atoms with Gasteiger partial charge in [0.05, 0.1) is 6.26 Å². The molecule has 0 unspecified atom stereocenters. The molecule has 0 spiro atoms. The van der Waals surface area contributed by atoms with E-state index in [1.165, 1.54) is 0 Å². The fourth-order valence-electron chi connectivity index (χ4n) is 3.63. The molecular formula is C22H18N4O3S2. The van der Waals surface area contributed by atoms with Gasteiger partial charge in [-0.05, 0) is 40.8 Å². The lowest BCUT2D eigenvalue weighted by molar-refractivity contribution is 0.561. The second-order valence-corrected chi connectivity index (χ2v) is 9.91. The van der Waals surface area contributed by atoms with Gasteiger partial charge >= 0.3 is 0 Å². The number of nitrogens with one attached hydrogen (secondary N) is 1. The summed E-state index contributed by atoms with van der Waals surface area (Å²) in [5.41, 5.74) is 12.2. The van der Waals surface area contributed by atoms with E-state index in [0.29, 0.717) is 17.4 Å². The molecule has 5 aromatic rings. The van der Waals surface area contributed by atoms with Gasteiger partial charge in [-0.1, -0.05) is 18.2 Å². The van der Waals surface area contributed by atoms with E-state index in [9.17, 15) is 8.42 Å². The van der Waals surface area contributed by atoms with Crippen molar-refractivity contribution in [2.75, 3.05) is 16.7 Å². The average Bonchev–Trinajstić information content (AvgIpc) is 3.31. The first kappa shape index (κ1) is 19.5. The second-order valence-electron chi connectivity index (χ2n) is 7.28. The highest BCUT2D eigenvalue weighted by Gasteiger charge is 2.16. The van der Waals surface area contributed by atoms with Crippen LogP contribution in [0.5, 0.6) is 0 Å². The number of aromatic nitrogens is 2. The molecular weight excluding hydrogens is 432 g/mol. The van der Waals surface area contributed by atoms with Crippen molar-refractivity contribution in [1.29, 1.82) is 0 Å². The number of hydrogen-bond acceptors (Lipinski definition) is 7. The molecule has 0 bridgehead atoms. The summed E-state index contributed by atoms with van der Waals surface area (Å²) >= 11 is 1.59. The van der Waals surface area contributed by atoms with Gasteiger partial charge in [-0.3, -0.25) is 4.72 Å². The molecule has 0 saturated heterocycles. The van der Waals surface area contributed by atoms with Crippen LogP contribution in [0.25, 0.3) is 43.4 Å². The van der Waals surface area contributed by atoms with Gasteiger partial charge in [-0.25, -0.2) is 18.4 Å². The van der Waals surface area contributed by atoms with E-state index in [1.54, 1.807) is 29.7 Å². The maximum absolute atomic E-state index is 11.4. The predicted molar refractivity (Wildman–Crippen MR) is 126 cm³/mol. The first-order valence-corrected chi connectivity index (χ1v) is 12.2. The second kappa shape index (κ2) is 7.07. The standard InChI is InChI=1S/C22H18N4O3S2/c1-12-25-18-9-14(5-8-19(18)29-12)17-11-30-21-16(10-24-22(23)20(17)21)13-3-6-15(7-4-13)26-31(2,27)28/h3-11,26H,1-2H3,(H2,23,24). The third kappa shape index (κ3) is 3.62. The molecule has 31 heavy (non-hydrogen) atoms. The van der Waals surface area contributed by atoms with Crippen LogP contribution >= 0.6 is 11.3 Å². The molecule has 0 fully saturated rings. The third-order valence-corrected chi connectivity index (χ3v) is 6.55. The van der Waals surface area contributed by atoms with Crippen LogP contribution in [0.15, 0.2) is 58.5 Å². The summed E-state index contributed by atoms with van der Waals surface area (Å²) < 4.78 is 32.0. The number of aryl methyl sites for hydroxylation is 1. The van der Waals surface area contributed by atoms with Crippen LogP contribution in [-0.4, -0.2) is 24.6 Å². The first-order valence-electron chi connectivity index (χ1n) is 9.40. The zero-order valence-corrected chi connectivity index (χ0v) is 18.3. The Labute approximate surface area is 182 Å². The Morgan fingerprint density at radius 2 is 1.81 bits per heavy atom. The first-order chi connectivity index (χ1) is 14.8. The topological polar surface area (TPSA) is 111 Å². The Morgan fingerprint density at radius 1 is 1.06 bits per heavy atom. The highest BCUT2D eigenvalue weighted by atomic mass is 32.2. The highest BCUT2D eigenvalue weighted by Crippen LogP contribution is 2.42. The molecule has 9 heteroatoms. The Balaban J connectivity index is 1.62. The minimum absolute atomic E-state index is 0.460. The fraction of sp³-hybridized carbons (Fsp3) is 0.0909. The molecule has 7 nitrogen and oxygen atoms in total. The number of fused-ring (bicyclic) bond motifs is 2. The largest absolute Gasteiger partial charge is 0.441 e. The molecule has 156 valence electrons. The number of oxazole rings is 1. The highest BCUT2D eigenvalue weighted by molar-refractivity contribution is 7.92. The molecule has 5 rings (SSSR count). The van der Waals surface area contributed by atoms with Crippen molar-refractivity contribution in [3.63, 3.8) is 0 Å². The number of anilines is 2. The smallest absolute Gasteiger partial charge is 0.229 e. The summed E-state index contributed by atoms with van der Waals surface area (Å²) in [6.45, 7) is 1.82. The van der Waals surface area contributed by atoms with Crippen molar-refractivity contribution in [3.8, 4) is 22.3 Å². The lowest BCUT2D eigenvalue weighted by Crippen LogP contribution is -2.09. The van der Waals surface area contributed by atoms with Crippen molar-refractivity contribution < 1.29 is 12.8 Å². The number of thiophene rings is 1. The summed E-state index contributed by atoms with van der Waals surface area (Å²) in [5, 5.41) is 2.96. The number of rotatable bonds is 4. The van der Waals surface area contributed by atoms with E-state index in [-0.39, 0.29) is 0 Å². The van der Waals surface area contributed by atoms with Crippen LogP contribution in [0.2, 0.25) is 0 Å². The van der Waals surface area contributed by atoms with Crippen LogP contribution in [0.1, 0.15) is 5.89 Å². The molecule has 3 heterocycles. The number of nitrogens with two attached hydrogens (primary N) is 1. The lowest BCUT2D eigenvalue weighted by Gasteiger charge is -2.08. The third-order valence-electron chi connectivity index (χ3n) is 4.93.